The van der Waals surface area contributed by atoms with Crippen molar-refractivity contribution in [2.24, 2.45) is 22.7 Å². The Labute approximate surface area is 156 Å². The number of nitrogens with one attached hydrogen (secondary N) is 1. The molecule has 1 heterocycles. The van der Waals surface area contributed by atoms with Crippen molar-refractivity contribution >= 4 is 5.91 Å². The molecule has 1 aromatic carbocycles. The fourth-order valence-electron chi connectivity index (χ4n) is 6.20. The summed E-state index contributed by atoms with van der Waals surface area (Å²) in [5.74, 6) is 2.16. The SMILES string of the molecule is CCC(=O)N[C@H]1C(C)(C)[C@@H]2C[C@@H]3[C@@H](c4cccc(OC)c4)OCC[C@@]31C2. The fourth-order valence-corrected chi connectivity index (χ4v) is 6.20. The molecule has 1 spiro atoms. The average Bonchev–Trinajstić information content (AvgIpc) is 3.14. The van der Waals surface area contributed by atoms with Crippen molar-refractivity contribution in [3.05, 3.63) is 29.8 Å². The Kier molecular flexibility index (Phi) is 4.30. The molecule has 0 radical (unpaired) electrons. The van der Waals surface area contributed by atoms with Crippen molar-refractivity contribution in [2.45, 2.75) is 58.6 Å². The summed E-state index contributed by atoms with van der Waals surface area (Å²) in [6.45, 7) is 7.39. The van der Waals surface area contributed by atoms with Crippen LogP contribution < -0.4 is 10.1 Å². The smallest absolute Gasteiger partial charge is 0.219 e. The molecule has 1 amide bonds. The van der Waals surface area contributed by atoms with Gasteiger partial charge in [0, 0.05) is 19.1 Å². The molecular weight excluding hydrogens is 326 g/mol. The number of amides is 1. The van der Waals surface area contributed by atoms with E-state index in [1.54, 1.807) is 7.11 Å². The molecule has 0 aromatic heterocycles. The van der Waals surface area contributed by atoms with Gasteiger partial charge in [-0.05, 0) is 59.6 Å². The van der Waals surface area contributed by atoms with Crippen LogP contribution in [0.15, 0.2) is 24.3 Å². The van der Waals surface area contributed by atoms with Crippen LogP contribution in [0.4, 0.5) is 0 Å². The van der Waals surface area contributed by atoms with E-state index >= 15 is 0 Å². The summed E-state index contributed by atoms with van der Waals surface area (Å²) in [6.07, 6.45) is 4.10. The van der Waals surface area contributed by atoms with Crippen molar-refractivity contribution in [1.29, 1.82) is 0 Å². The minimum atomic E-state index is 0.0981. The summed E-state index contributed by atoms with van der Waals surface area (Å²) >= 11 is 0. The number of carbonyl (C=O) groups is 1. The second-order valence-electron chi connectivity index (χ2n) is 8.97. The van der Waals surface area contributed by atoms with E-state index in [-0.39, 0.29) is 28.9 Å². The summed E-state index contributed by atoms with van der Waals surface area (Å²) in [5.41, 5.74) is 1.52. The molecule has 142 valence electrons. The van der Waals surface area contributed by atoms with Crippen LogP contribution in [0, 0.1) is 22.7 Å². The number of benzene rings is 1. The van der Waals surface area contributed by atoms with E-state index in [0.29, 0.717) is 18.3 Å². The zero-order valence-corrected chi connectivity index (χ0v) is 16.4. The van der Waals surface area contributed by atoms with Crippen molar-refractivity contribution in [2.75, 3.05) is 13.7 Å². The molecule has 26 heavy (non-hydrogen) atoms. The van der Waals surface area contributed by atoms with E-state index in [4.69, 9.17) is 9.47 Å². The van der Waals surface area contributed by atoms with Crippen LogP contribution in [0.1, 0.15) is 58.1 Å². The van der Waals surface area contributed by atoms with Gasteiger partial charge in [-0.1, -0.05) is 32.9 Å². The topological polar surface area (TPSA) is 47.6 Å². The zero-order valence-electron chi connectivity index (χ0n) is 16.4. The molecule has 4 heteroatoms. The predicted octanol–water partition coefficient (Wildman–Crippen LogP) is 4.10. The first kappa shape index (κ1) is 17.8. The van der Waals surface area contributed by atoms with Gasteiger partial charge in [-0.2, -0.15) is 0 Å². The first-order valence-corrected chi connectivity index (χ1v) is 9.97. The third kappa shape index (κ3) is 2.49. The van der Waals surface area contributed by atoms with E-state index in [0.717, 1.165) is 18.8 Å². The van der Waals surface area contributed by atoms with Crippen molar-refractivity contribution in [3.63, 3.8) is 0 Å². The highest BCUT2D eigenvalue weighted by Gasteiger charge is 2.68. The lowest BCUT2D eigenvalue weighted by Gasteiger charge is -2.53. The average molecular weight is 357 g/mol. The van der Waals surface area contributed by atoms with Crippen LogP contribution in [0.25, 0.3) is 0 Å². The second kappa shape index (κ2) is 6.26. The summed E-state index contributed by atoms with van der Waals surface area (Å²) in [6, 6.07) is 8.54. The quantitative estimate of drug-likeness (QED) is 0.882. The molecule has 2 aliphatic carbocycles. The lowest BCUT2D eigenvalue weighted by atomic mass is 9.59. The summed E-state index contributed by atoms with van der Waals surface area (Å²) in [7, 11) is 1.71. The minimum absolute atomic E-state index is 0.0981. The monoisotopic (exact) mass is 357 g/mol. The normalized spacial score (nSPS) is 37.2. The van der Waals surface area contributed by atoms with Crippen molar-refractivity contribution in [3.8, 4) is 5.75 Å². The number of methoxy groups -OCH3 is 1. The minimum Gasteiger partial charge on any atom is -0.497 e. The van der Waals surface area contributed by atoms with Crippen LogP contribution in [0.2, 0.25) is 0 Å². The Balaban J connectivity index is 1.69. The highest BCUT2D eigenvalue weighted by atomic mass is 16.5. The Hall–Kier alpha value is -1.55. The number of rotatable bonds is 4. The lowest BCUT2D eigenvalue weighted by molar-refractivity contribution is -0.137. The van der Waals surface area contributed by atoms with Gasteiger partial charge in [0.05, 0.1) is 13.2 Å². The molecule has 3 fully saturated rings. The molecule has 1 aliphatic heterocycles. The largest absolute Gasteiger partial charge is 0.497 e. The third-order valence-electron chi connectivity index (χ3n) is 7.55. The highest BCUT2D eigenvalue weighted by Crippen LogP contribution is 2.70. The van der Waals surface area contributed by atoms with Gasteiger partial charge in [0.2, 0.25) is 5.91 Å². The van der Waals surface area contributed by atoms with Gasteiger partial charge in [0.25, 0.3) is 0 Å². The van der Waals surface area contributed by atoms with Crippen LogP contribution in [-0.2, 0) is 9.53 Å². The van der Waals surface area contributed by atoms with Crippen LogP contribution >= 0.6 is 0 Å². The number of ether oxygens (including phenoxy) is 2. The van der Waals surface area contributed by atoms with E-state index in [1.165, 1.54) is 18.4 Å². The number of hydrogen-bond donors (Lipinski definition) is 1. The maximum atomic E-state index is 12.3. The molecule has 3 aliphatic rings. The van der Waals surface area contributed by atoms with Gasteiger partial charge < -0.3 is 14.8 Å². The van der Waals surface area contributed by atoms with Gasteiger partial charge in [-0.3, -0.25) is 4.79 Å². The number of carbonyl (C=O) groups excluding carboxylic acids is 1. The van der Waals surface area contributed by atoms with Crippen LogP contribution in [0.5, 0.6) is 5.75 Å². The molecule has 4 nitrogen and oxygen atoms in total. The van der Waals surface area contributed by atoms with Gasteiger partial charge >= 0.3 is 0 Å². The predicted molar refractivity (Wildman–Crippen MR) is 101 cm³/mol. The van der Waals surface area contributed by atoms with Gasteiger partial charge in [0.1, 0.15) is 5.75 Å². The van der Waals surface area contributed by atoms with E-state index in [1.807, 2.05) is 19.1 Å². The van der Waals surface area contributed by atoms with Crippen LogP contribution in [-0.4, -0.2) is 25.7 Å². The first-order chi connectivity index (χ1) is 12.4. The molecule has 1 N–H and O–H groups in total. The molecule has 1 aromatic rings. The second-order valence-corrected chi connectivity index (χ2v) is 8.97. The Morgan fingerprint density at radius 1 is 1.38 bits per heavy atom. The third-order valence-corrected chi connectivity index (χ3v) is 7.55. The van der Waals surface area contributed by atoms with E-state index in [9.17, 15) is 4.79 Å². The molecule has 0 unspecified atom stereocenters. The molecule has 2 saturated carbocycles. The lowest BCUT2D eigenvalue weighted by Crippen LogP contribution is -2.58. The standard InChI is InChI=1S/C22H31NO3/c1-5-18(24)23-20-21(2,3)15-12-17-19(26-10-9-22(17,20)13-15)14-7-6-8-16(11-14)25-4/h6-8,11,15,17,19-20H,5,9-10,12-13H2,1-4H3,(H,23,24)/t15-,17-,19-,20+,22-/m1/s1. The summed E-state index contributed by atoms with van der Waals surface area (Å²) in [5, 5.41) is 3.42. The van der Waals surface area contributed by atoms with Crippen molar-refractivity contribution < 1.29 is 14.3 Å². The van der Waals surface area contributed by atoms with Gasteiger partial charge in [-0.25, -0.2) is 0 Å². The maximum Gasteiger partial charge on any atom is 0.219 e. The summed E-state index contributed by atoms with van der Waals surface area (Å²) < 4.78 is 11.7. The number of hydrogen-bond acceptors (Lipinski definition) is 3. The number of fused-ring (bicyclic) bond motifs is 1. The summed E-state index contributed by atoms with van der Waals surface area (Å²) in [4.78, 5) is 12.3. The first-order valence-electron chi connectivity index (χ1n) is 9.97. The molecule has 2 bridgehead atoms. The zero-order chi connectivity index (χ0) is 18.5. The maximum absolute atomic E-state index is 12.3. The molecule has 4 rings (SSSR count). The van der Waals surface area contributed by atoms with Crippen molar-refractivity contribution in [1.82, 2.24) is 5.32 Å². The highest BCUT2D eigenvalue weighted by molar-refractivity contribution is 5.76. The van der Waals surface area contributed by atoms with E-state index in [2.05, 4.69) is 31.3 Å². The molecular formula is C22H31NO3. The fraction of sp³-hybridized carbons (Fsp3) is 0.682. The van der Waals surface area contributed by atoms with Gasteiger partial charge in [-0.15, -0.1) is 0 Å². The van der Waals surface area contributed by atoms with Crippen LogP contribution in [0.3, 0.4) is 0 Å². The Morgan fingerprint density at radius 2 is 2.19 bits per heavy atom. The van der Waals surface area contributed by atoms with E-state index < -0.39 is 0 Å². The molecule has 5 atom stereocenters. The Bertz CT molecular complexity index is 700. The van der Waals surface area contributed by atoms with Gasteiger partial charge in [0.15, 0.2) is 0 Å². The Morgan fingerprint density at radius 3 is 2.92 bits per heavy atom. The molecule has 1 saturated heterocycles.